The molecule has 0 unspecified atom stereocenters. The zero-order valence-electron chi connectivity index (χ0n) is 20.4. The molecule has 2 aliphatic rings. The molecule has 0 bridgehead atoms. The Bertz CT molecular complexity index is 1350. The summed E-state index contributed by atoms with van der Waals surface area (Å²) in [6, 6.07) is 15.5. The lowest BCUT2D eigenvalue weighted by molar-refractivity contribution is -0.124. The third-order valence-corrected chi connectivity index (χ3v) is 7.12. The Kier molecular flexibility index (Phi) is 5.68. The van der Waals surface area contributed by atoms with Crippen molar-refractivity contribution in [1.29, 1.82) is 5.26 Å². The third-order valence-electron chi connectivity index (χ3n) is 7.12. The number of anilines is 2. The monoisotopic (exact) mass is 467 g/mol. The van der Waals surface area contributed by atoms with Gasteiger partial charge in [0.15, 0.2) is 0 Å². The van der Waals surface area contributed by atoms with Crippen molar-refractivity contribution in [2.24, 2.45) is 13.0 Å². The molecule has 2 aliphatic heterocycles. The van der Waals surface area contributed by atoms with Crippen LogP contribution in [0, 0.1) is 17.2 Å². The molecule has 0 radical (unpaired) electrons. The summed E-state index contributed by atoms with van der Waals surface area (Å²) in [6.07, 6.45) is 5.96. The number of amides is 2. The predicted molar refractivity (Wildman–Crippen MR) is 134 cm³/mol. The quantitative estimate of drug-likeness (QED) is 0.572. The van der Waals surface area contributed by atoms with Crippen LogP contribution >= 0.6 is 0 Å². The van der Waals surface area contributed by atoms with E-state index >= 15 is 0 Å². The molecule has 1 saturated heterocycles. The smallest absolute Gasteiger partial charge is 0.232 e. The van der Waals surface area contributed by atoms with Crippen molar-refractivity contribution in [1.82, 2.24) is 9.78 Å². The predicted octanol–water partition coefficient (Wildman–Crippen LogP) is 3.75. The number of hydrogen-bond donors (Lipinski definition) is 0. The molecule has 5 rings (SSSR count). The number of nitriles is 1. The minimum Gasteiger partial charge on any atom is -0.312 e. The fraction of sp³-hybridized carbons (Fsp3) is 0.357. The first-order valence-corrected chi connectivity index (χ1v) is 12.0. The van der Waals surface area contributed by atoms with Crippen molar-refractivity contribution in [3.8, 4) is 6.07 Å². The average Bonchev–Trinajstić information content (AvgIpc) is 3.52. The lowest BCUT2D eigenvalue weighted by atomic mass is 9.85. The summed E-state index contributed by atoms with van der Waals surface area (Å²) in [5, 5.41) is 13.4. The Morgan fingerprint density at radius 1 is 1.17 bits per heavy atom. The van der Waals surface area contributed by atoms with Gasteiger partial charge in [-0.25, -0.2) is 0 Å². The van der Waals surface area contributed by atoms with E-state index in [1.54, 1.807) is 23.1 Å². The number of nitrogens with zero attached hydrogens (tertiary/aromatic N) is 5. The zero-order chi connectivity index (χ0) is 24.7. The lowest BCUT2D eigenvalue weighted by Crippen LogP contribution is -2.39. The van der Waals surface area contributed by atoms with Gasteiger partial charge in [0, 0.05) is 49.5 Å². The highest BCUT2D eigenvalue weighted by molar-refractivity contribution is 6.05. The number of fused-ring (bicyclic) bond motifs is 1. The molecular formula is C28H29N5O2. The molecule has 3 aromatic rings. The SMILES string of the molecule is Cn1cc(CCc2ccc3c(c2)C(C)(C)CN3C(=O)[C@H]2CC(=O)N(c3cccc(C#N)c3)C2)cn1. The second kappa shape index (κ2) is 8.70. The zero-order valence-corrected chi connectivity index (χ0v) is 20.4. The van der Waals surface area contributed by atoms with Crippen LogP contribution < -0.4 is 9.80 Å². The van der Waals surface area contributed by atoms with Crippen LogP contribution in [0.3, 0.4) is 0 Å². The van der Waals surface area contributed by atoms with E-state index in [0.29, 0.717) is 24.3 Å². The van der Waals surface area contributed by atoms with Crippen LogP contribution in [-0.4, -0.2) is 34.7 Å². The van der Waals surface area contributed by atoms with Crippen molar-refractivity contribution in [2.75, 3.05) is 22.9 Å². The fourth-order valence-corrected chi connectivity index (χ4v) is 5.25. The van der Waals surface area contributed by atoms with Gasteiger partial charge in [0.05, 0.1) is 23.7 Å². The molecule has 7 heteroatoms. The van der Waals surface area contributed by atoms with Crippen LogP contribution in [0.2, 0.25) is 0 Å². The van der Waals surface area contributed by atoms with E-state index in [9.17, 15) is 14.9 Å². The van der Waals surface area contributed by atoms with Crippen LogP contribution in [-0.2, 0) is 34.9 Å². The summed E-state index contributed by atoms with van der Waals surface area (Å²) in [6.45, 7) is 5.27. The molecule has 178 valence electrons. The second-order valence-corrected chi connectivity index (χ2v) is 10.2. The summed E-state index contributed by atoms with van der Waals surface area (Å²) >= 11 is 0. The number of benzene rings is 2. The number of aryl methyl sites for hydroxylation is 3. The third kappa shape index (κ3) is 4.32. The number of rotatable bonds is 5. The van der Waals surface area contributed by atoms with Crippen LogP contribution in [0.1, 0.15) is 42.5 Å². The van der Waals surface area contributed by atoms with Gasteiger partial charge >= 0.3 is 0 Å². The number of hydrogen-bond acceptors (Lipinski definition) is 4. The minimum absolute atomic E-state index is 0.00720. The highest BCUT2D eigenvalue weighted by atomic mass is 16.2. The summed E-state index contributed by atoms with van der Waals surface area (Å²) < 4.78 is 1.82. The first-order chi connectivity index (χ1) is 16.7. The normalized spacial score (nSPS) is 18.6. The van der Waals surface area contributed by atoms with Gasteiger partial charge in [-0.15, -0.1) is 0 Å². The molecule has 7 nitrogen and oxygen atoms in total. The van der Waals surface area contributed by atoms with Gasteiger partial charge in [-0.1, -0.05) is 32.0 Å². The highest BCUT2D eigenvalue weighted by Gasteiger charge is 2.43. The van der Waals surface area contributed by atoms with Crippen molar-refractivity contribution in [3.63, 3.8) is 0 Å². The molecule has 2 amide bonds. The fourth-order valence-electron chi connectivity index (χ4n) is 5.25. The van der Waals surface area contributed by atoms with E-state index in [4.69, 9.17) is 0 Å². The topological polar surface area (TPSA) is 82.2 Å². The lowest BCUT2D eigenvalue weighted by Gasteiger charge is -2.23. The first kappa shape index (κ1) is 22.9. The molecule has 0 saturated carbocycles. The van der Waals surface area contributed by atoms with E-state index in [1.165, 1.54) is 16.7 Å². The Hall–Kier alpha value is -3.92. The minimum atomic E-state index is -0.403. The maximum absolute atomic E-state index is 13.6. The van der Waals surface area contributed by atoms with Gasteiger partial charge in [0.25, 0.3) is 0 Å². The number of carbonyl (C=O) groups is 2. The van der Waals surface area contributed by atoms with Crippen LogP contribution in [0.15, 0.2) is 54.9 Å². The van der Waals surface area contributed by atoms with Crippen LogP contribution in [0.4, 0.5) is 11.4 Å². The molecule has 1 aromatic heterocycles. The van der Waals surface area contributed by atoms with Crippen molar-refractivity contribution < 1.29 is 9.59 Å². The average molecular weight is 468 g/mol. The maximum atomic E-state index is 13.6. The highest BCUT2D eigenvalue weighted by Crippen LogP contribution is 2.42. The van der Waals surface area contributed by atoms with Gasteiger partial charge in [0.1, 0.15) is 0 Å². The molecule has 0 N–H and O–H groups in total. The van der Waals surface area contributed by atoms with Crippen molar-refractivity contribution in [2.45, 2.75) is 38.5 Å². The first-order valence-electron chi connectivity index (χ1n) is 12.0. The number of carbonyl (C=O) groups excluding carboxylic acids is 2. The summed E-state index contributed by atoms with van der Waals surface area (Å²) in [4.78, 5) is 29.9. The van der Waals surface area contributed by atoms with Gasteiger partial charge in [0.2, 0.25) is 11.8 Å². The molecule has 35 heavy (non-hydrogen) atoms. The van der Waals surface area contributed by atoms with Crippen molar-refractivity contribution in [3.05, 3.63) is 77.1 Å². The van der Waals surface area contributed by atoms with Gasteiger partial charge in [-0.05, 0) is 53.8 Å². The largest absolute Gasteiger partial charge is 0.312 e. The Balaban J connectivity index is 1.33. The summed E-state index contributed by atoms with van der Waals surface area (Å²) in [5.41, 5.74) is 5.58. The van der Waals surface area contributed by atoms with Crippen molar-refractivity contribution >= 4 is 23.2 Å². The van der Waals surface area contributed by atoms with Crippen LogP contribution in [0.5, 0.6) is 0 Å². The molecule has 2 aromatic carbocycles. The molecule has 3 heterocycles. The van der Waals surface area contributed by atoms with E-state index in [2.05, 4.69) is 43.2 Å². The number of aromatic nitrogens is 2. The molecular weight excluding hydrogens is 438 g/mol. The van der Waals surface area contributed by atoms with Gasteiger partial charge in [-0.2, -0.15) is 10.4 Å². The summed E-state index contributed by atoms with van der Waals surface area (Å²) in [7, 11) is 1.92. The van der Waals surface area contributed by atoms with E-state index in [1.807, 2.05) is 35.1 Å². The van der Waals surface area contributed by atoms with Gasteiger partial charge in [-0.3, -0.25) is 14.3 Å². The van der Waals surface area contributed by atoms with E-state index < -0.39 is 5.92 Å². The second-order valence-electron chi connectivity index (χ2n) is 10.2. The van der Waals surface area contributed by atoms with Gasteiger partial charge < -0.3 is 9.80 Å². The van der Waals surface area contributed by atoms with E-state index in [-0.39, 0.29) is 23.7 Å². The maximum Gasteiger partial charge on any atom is 0.232 e. The molecule has 1 fully saturated rings. The van der Waals surface area contributed by atoms with Crippen LogP contribution in [0.25, 0.3) is 0 Å². The molecule has 1 atom stereocenters. The molecule has 0 spiro atoms. The Morgan fingerprint density at radius 3 is 2.71 bits per heavy atom. The van der Waals surface area contributed by atoms with E-state index in [0.717, 1.165) is 18.5 Å². The Morgan fingerprint density at radius 2 is 1.97 bits per heavy atom. The Labute approximate surface area is 205 Å². The standard InChI is InChI=1S/C28H29N5O2/c1-28(2)18-33(25-10-9-19(12-24(25)28)7-8-21-15-30-31(3)16-21)27(35)22-13-26(34)32(17-22)23-6-4-5-20(11-23)14-29/h4-6,9-12,15-16,22H,7-8,13,17-18H2,1-3H3/t22-/m0/s1. The summed E-state index contributed by atoms with van der Waals surface area (Å²) in [5.74, 6) is -0.490. The molecule has 0 aliphatic carbocycles.